The number of ether oxygens (including phenoxy) is 2. The van der Waals surface area contributed by atoms with E-state index in [-0.39, 0.29) is 29.6 Å². The molecule has 4 rings (SSSR count). The van der Waals surface area contributed by atoms with E-state index >= 15 is 0 Å². The van der Waals surface area contributed by atoms with Gasteiger partial charge in [0.15, 0.2) is 0 Å². The Morgan fingerprint density at radius 2 is 1.40 bits per heavy atom. The molecule has 10 atom stereocenters. The van der Waals surface area contributed by atoms with E-state index in [0.29, 0.717) is 17.3 Å². The number of carbonyl (C=O) groups excluding carboxylic acids is 2. The summed E-state index contributed by atoms with van der Waals surface area (Å²) in [6.07, 6.45) is 13.2. The van der Waals surface area contributed by atoms with Crippen molar-refractivity contribution < 1.29 is 19.1 Å². The van der Waals surface area contributed by atoms with Crippen molar-refractivity contribution in [2.24, 2.45) is 52.3 Å². The smallest absolute Gasteiger partial charge is 0.303 e. The lowest BCUT2D eigenvalue weighted by atomic mass is 9.44. The lowest BCUT2D eigenvalue weighted by Crippen LogP contribution is -2.59. The highest BCUT2D eigenvalue weighted by atomic mass is 16.6. The van der Waals surface area contributed by atoms with Gasteiger partial charge >= 0.3 is 11.9 Å². The van der Waals surface area contributed by atoms with Crippen molar-refractivity contribution in [2.75, 3.05) is 0 Å². The second-order valence-electron chi connectivity index (χ2n) is 13.9. The Bertz CT molecular complexity index is 776. The molecule has 0 saturated heterocycles. The van der Waals surface area contributed by atoms with Gasteiger partial charge in [0.2, 0.25) is 0 Å². The fourth-order valence-corrected chi connectivity index (χ4v) is 9.99. The van der Waals surface area contributed by atoms with Crippen LogP contribution in [0.3, 0.4) is 0 Å². The highest BCUT2D eigenvalue weighted by molar-refractivity contribution is 5.67. The molecule has 4 saturated carbocycles. The van der Waals surface area contributed by atoms with Crippen LogP contribution < -0.4 is 0 Å². The number of rotatable bonds is 7. The summed E-state index contributed by atoms with van der Waals surface area (Å²) in [5.41, 5.74) is 0.661. The minimum atomic E-state index is -0.290. The topological polar surface area (TPSA) is 52.6 Å². The van der Waals surface area contributed by atoms with Gasteiger partial charge in [-0.25, -0.2) is 0 Å². The third kappa shape index (κ3) is 5.06. The molecule has 0 N–H and O–H groups in total. The Morgan fingerprint density at radius 1 is 0.771 bits per heavy atom. The molecular formula is C31H52O4. The van der Waals surface area contributed by atoms with Gasteiger partial charge in [0.1, 0.15) is 12.2 Å². The maximum atomic E-state index is 12.0. The summed E-state index contributed by atoms with van der Waals surface area (Å²) >= 11 is 0. The molecule has 0 amide bonds. The van der Waals surface area contributed by atoms with Crippen molar-refractivity contribution in [1.29, 1.82) is 0 Å². The highest BCUT2D eigenvalue weighted by Crippen LogP contribution is 2.68. The molecule has 4 nitrogen and oxygen atoms in total. The van der Waals surface area contributed by atoms with Crippen LogP contribution in [0.2, 0.25) is 0 Å². The molecule has 0 aromatic carbocycles. The van der Waals surface area contributed by atoms with Crippen LogP contribution >= 0.6 is 0 Å². The largest absolute Gasteiger partial charge is 0.459 e. The lowest BCUT2D eigenvalue weighted by Gasteiger charge is -2.62. The van der Waals surface area contributed by atoms with Crippen LogP contribution in [0, 0.1) is 52.3 Å². The molecule has 0 aromatic heterocycles. The predicted octanol–water partition coefficient (Wildman–Crippen LogP) is 7.58. The minimum Gasteiger partial charge on any atom is -0.459 e. The van der Waals surface area contributed by atoms with E-state index in [1.165, 1.54) is 65.2 Å². The summed E-state index contributed by atoms with van der Waals surface area (Å²) in [4.78, 5) is 23.8. The summed E-state index contributed by atoms with van der Waals surface area (Å²) < 4.78 is 11.6. The zero-order valence-corrected chi connectivity index (χ0v) is 23.6. The van der Waals surface area contributed by atoms with Crippen LogP contribution in [0.5, 0.6) is 0 Å². The molecule has 0 spiro atoms. The van der Waals surface area contributed by atoms with Gasteiger partial charge in [-0.2, -0.15) is 0 Å². The first-order valence-electron chi connectivity index (χ1n) is 14.8. The molecule has 200 valence electrons. The molecule has 0 aromatic rings. The fourth-order valence-electron chi connectivity index (χ4n) is 9.99. The first-order valence-corrected chi connectivity index (χ1v) is 14.8. The number of fused-ring (bicyclic) bond motifs is 5. The normalized spacial score (nSPS) is 43.6. The second-order valence-corrected chi connectivity index (χ2v) is 13.9. The molecule has 4 aliphatic carbocycles. The Morgan fingerprint density at radius 3 is 2.06 bits per heavy atom. The standard InChI is InChI=1S/C31H52O4/c1-19(2)9-8-10-20(3)24-13-14-25-23-11-12-27-29(35-22(5)33)28(34-21(4)32)16-18-31(27,7)26(23)15-17-30(24,25)6/h19-20,23-29H,8-18H2,1-7H3/t20-,23+,24-,25-,26-,27+,28-,29+,30+,31-/m1/s1. The summed E-state index contributed by atoms with van der Waals surface area (Å²) in [5, 5.41) is 0. The summed E-state index contributed by atoms with van der Waals surface area (Å²) in [7, 11) is 0. The van der Waals surface area contributed by atoms with E-state index < -0.39 is 0 Å². The van der Waals surface area contributed by atoms with Gasteiger partial charge in [0.25, 0.3) is 0 Å². The average molecular weight is 489 g/mol. The van der Waals surface area contributed by atoms with E-state index in [2.05, 4.69) is 34.6 Å². The molecule has 35 heavy (non-hydrogen) atoms. The van der Waals surface area contributed by atoms with Gasteiger partial charge in [-0.15, -0.1) is 0 Å². The van der Waals surface area contributed by atoms with Gasteiger partial charge in [-0.1, -0.05) is 53.9 Å². The molecule has 0 aliphatic heterocycles. The van der Waals surface area contributed by atoms with Gasteiger partial charge < -0.3 is 9.47 Å². The molecule has 0 heterocycles. The summed E-state index contributed by atoms with van der Waals surface area (Å²) in [5.74, 6) is 4.64. The summed E-state index contributed by atoms with van der Waals surface area (Å²) in [6, 6.07) is 0. The Hall–Kier alpha value is -1.06. The number of carbonyl (C=O) groups is 2. The lowest BCUT2D eigenvalue weighted by molar-refractivity contribution is -0.205. The van der Waals surface area contributed by atoms with Crippen LogP contribution in [0.15, 0.2) is 0 Å². The van der Waals surface area contributed by atoms with Crippen LogP contribution in [0.4, 0.5) is 0 Å². The Balaban J connectivity index is 1.50. The first-order chi connectivity index (χ1) is 16.5. The molecule has 0 bridgehead atoms. The maximum absolute atomic E-state index is 12.0. The van der Waals surface area contributed by atoms with Crippen molar-refractivity contribution in [3.63, 3.8) is 0 Å². The van der Waals surface area contributed by atoms with Crippen molar-refractivity contribution in [2.45, 2.75) is 131 Å². The van der Waals surface area contributed by atoms with Gasteiger partial charge in [0, 0.05) is 19.8 Å². The zero-order valence-electron chi connectivity index (χ0n) is 23.6. The monoisotopic (exact) mass is 488 g/mol. The average Bonchev–Trinajstić information content (AvgIpc) is 3.12. The van der Waals surface area contributed by atoms with Gasteiger partial charge in [-0.3, -0.25) is 9.59 Å². The molecular weight excluding hydrogens is 436 g/mol. The molecule has 0 radical (unpaired) electrons. The van der Waals surface area contributed by atoms with E-state index in [0.717, 1.165) is 48.9 Å². The highest BCUT2D eigenvalue weighted by Gasteiger charge is 2.63. The van der Waals surface area contributed by atoms with Crippen molar-refractivity contribution >= 4 is 11.9 Å². The third-order valence-corrected chi connectivity index (χ3v) is 11.5. The van der Waals surface area contributed by atoms with E-state index in [1.807, 2.05) is 0 Å². The van der Waals surface area contributed by atoms with Crippen LogP contribution in [-0.4, -0.2) is 24.1 Å². The minimum absolute atomic E-state index is 0.169. The van der Waals surface area contributed by atoms with Crippen molar-refractivity contribution in [3.05, 3.63) is 0 Å². The fraction of sp³-hybridized carbons (Fsp3) is 0.935. The van der Waals surface area contributed by atoms with Crippen LogP contribution in [-0.2, 0) is 19.1 Å². The molecule has 4 fully saturated rings. The maximum Gasteiger partial charge on any atom is 0.303 e. The Labute approximate surface area is 214 Å². The van der Waals surface area contributed by atoms with E-state index in [9.17, 15) is 9.59 Å². The zero-order chi connectivity index (χ0) is 25.5. The summed E-state index contributed by atoms with van der Waals surface area (Å²) in [6.45, 7) is 15.3. The van der Waals surface area contributed by atoms with Crippen molar-refractivity contribution in [1.82, 2.24) is 0 Å². The number of hydrogen-bond donors (Lipinski definition) is 0. The van der Waals surface area contributed by atoms with Gasteiger partial charge in [0.05, 0.1) is 0 Å². The molecule has 0 unspecified atom stereocenters. The van der Waals surface area contributed by atoms with Crippen LogP contribution in [0.25, 0.3) is 0 Å². The quantitative estimate of drug-likeness (QED) is 0.347. The Kier molecular flexibility index (Phi) is 7.99. The second kappa shape index (κ2) is 10.4. The van der Waals surface area contributed by atoms with Crippen LogP contribution in [0.1, 0.15) is 119 Å². The number of hydrogen-bond acceptors (Lipinski definition) is 4. The predicted molar refractivity (Wildman–Crippen MR) is 140 cm³/mol. The third-order valence-electron chi connectivity index (χ3n) is 11.5. The molecule has 4 aliphatic rings. The van der Waals surface area contributed by atoms with Gasteiger partial charge in [-0.05, 0) is 97.7 Å². The SMILES string of the molecule is CC(=O)O[C@@H]1[C@H](OC(C)=O)CC[C@]2(C)[C@@H]3CC[C@]4(C)[C@H](CC[C@@H]4[C@H](C)CCCC(C)C)[C@@H]3CC[C@@H]12. The number of esters is 2. The molecule has 4 heteroatoms. The van der Waals surface area contributed by atoms with Crippen molar-refractivity contribution in [3.8, 4) is 0 Å². The van der Waals surface area contributed by atoms with E-state index in [4.69, 9.17) is 9.47 Å². The van der Waals surface area contributed by atoms with E-state index in [1.54, 1.807) is 0 Å². The first kappa shape index (κ1) is 27.0.